The minimum absolute atomic E-state index is 0.340. The van der Waals surface area contributed by atoms with Gasteiger partial charge in [0.1, 0.15) is 5.75 Å². The van der Waals surface area contributed by atoms with Crippen LogP contribution in [0.2, 0.25) is 0 Å². The lowest BCUT2D eigenvalue weighted by Crippen LogP contribution is -2.48. The first-order valence-corrected chi connectivity index (χ1v) is 6.89. The van der Waals surface area contributed by atoms with Crippen LogP contribution in [0, 0.1) is 6.92 Å². The van der Waals surface area contributed by atoms with E-state index in [9.17, 15) is 0 Å². The number of nitrogens with zero attached hydrogens (tertiary/aromatic N) is 2. The van der Waals surface area contributed by atoms with Gasteiger partial charge in [0.15, 0.2) is 0 Å². The molecule has 4 nitrogen and oxygen atoms in total. The fourth-order valence-electron chi connectivity index (χ4n) is 2.82. The van der Waals surface area contributed by atoms with E-state index >= 15 is 0 Å². The van der Waals surface area contributed by atoms with Crippen molar-refractivity contribution in [1.82, 2.24) is 15.1 Å². The number of hydrogen-bond donors (Lipinski definition) is 1. The lowest BCUT2D eigenvalue weighted by atomic mass is 10.1. The molecule has 19 heavy (non-hydrogen) atoms. The molecule has 0 spiro atoms. The highest BCUT2D eigenvalue weighted by Crippen LogP contribution is 2.27. The predicted molar refractivity (Wildman–Crippen MR) is 78.6 cm³/mol. The Morgan fingerprint density at radius 2 is 1.95 bits per heavy atom. The monoisotopic (exact) mass is 263 g/mol. The Labute approximate surface area is 116 Å². The predicted octanol–water partition coefficient (Wildman–Crippen LogP) is 1.47. The molecule has 106 valence electrons. The van der Waals surface area contributed by atoms with Gasteiger partial charge < -0.3 is 10.1 Å². The Kier molecular flexibility index (Phi) is 4.80. The molecule has 1 aromatic rings. The second-order valence-corrected chi connectivity index (χ2v) is 5.35. The Morgan fingerprint density at radius 3 is 2.47 bits per heavy atom. The molecule has 1 unspecified atom stereocenters. The van der Waals surface area contributed by atoms with E-state index in [0.717, 1.165) is 31.9 Å². The molecule has 0 amide bonds. The third-order valence-corrected chi connectivity index (χ3v) is 3.70. The second-order valence-electron chi connectivity index (χ2n) is 5.35. The number of rotatable bonds is 4. The van der Waals surface area contributed by atoms with E-state index < -0.39 is 0 Å². The van der Waals surface area contributed by atoms with Crippen LogP contribution in [0.15, 0.2) is 18.2 Å². The maximum Gasteiger partial charge on any atom is 0.121 e. The highest BCUT2D eigenvalue weighted by atomic mass is 16.5. The van der Waals surface area contributed by atoms with Gasteiger partial charge >= 0.3 is 0 Å². The maximum absolute atomic E-state index is 5.35. The first-order valence-electron chi connectivity index (χ1n) is 6.89. The van der Waals surface area contributed by atoms with Crippen molar-refractivity contribution in [1.29, 1.82) is 0 Å². The van der Waals surface area contributed by atoms with Crippen LogP contribution in [-0.4, -0.2) is 57.2 Å². The molecule has 1 saturated heterocycles. The average molecular weight is 263 g/mol. The molecule has 1 aromatic carbocycles. The van der Waals surface area contributed by atoms with Gasteiger partial charge in [-0.2, -0.15) is 0 Å². The van der Waals surface area contributed by atoms with E-state index in [1.54, 1.807) is 7.11 Å². The standard InChI is InChI=1S/C15H25N3O/c1-12-11-13(5-6-14(12)19-4)15(17(2)3)18-9-7-16-8-10-18/h5-6,11,15-16H,7-10H2,1-4H3. The van der Waals surface area contributed by atoms with E-state index in [4.69, 9.17) is 4.74 Å². The summed E-state index contributed by atoms with van der Waals surface area (Å²) in [4.78, 5) is 4.81. The Hall–Kier alpha value is -1.10. The molecule has 0 radical (unpaired) electrons. The SMILES string of the molecule is COc1ccc(C(N(C)C)N2CCNCC2)cc1C. The van der Waals surface area contributed by atoms with Gasteiger partial charge in [0.05, 0.1) is 13.3 Å². The van der Waals surface area contributed by atoms with Crippen LogP contribution in [-0.2, 0) is 0 Å². The van der Waals surface area contributed by atoms with Gasteiger partial charge in [0, 0.05) is 26.2 Å². The third-order valence-electron chi connectivity index (χ3n) is 3.70. The van der Waals surface area contributed by atoms with Crippen LogP contribution < -0.4 is 10.1 Å². The van der Waals surface area contributed by atoms with E-state index in [1.807, 2.05) is 0 Å². The zero-order chi connectivity index (χ0) is 13.8. The minimum Gasteiger partial charge on any atom is -0.496 e. The summed E-state index contributed by atoms with van der Waals surface area (Å²) in [6, 6.07) is 6.49. The molecule has 0 aromatic heterocycles. The van der Waals surface area contributed by atoms with Crippen molar-refractivity contribution in [2.45, 2.75) is 13.1 Å². The fourth-order valence-corrected chi connectivity index (χ4v) is 2.82. The number of hydrogen-bond acceptors (Lipinski definition) is 4. The minimum atomic E-state index is 0.340. The number of ether oxygens (including phenoxy) is 1. The number of methoxy groups -OCH3 is 1. The van der Waals surface area contributed by atoms with Gasteiger partial charge in [0.2, 0.25) is 0 Å². The van der Waals surface area contributed by atoms with Gasteiger partial charge in [-0.25, -0.2) is 0 Å². The fraction of sp³-hybridized carbons (Fsp3) is 0.600. The van der Waals surface area contributed by atoms with E-state index in [-0.39, 0.29) is 0 Å². The van der Waals surface area contributed by atoms with Crippen molar-refractivity contribution in [3.8, 4) is 5.75 Å². The first-order chi connectivity index (χ1) is 9.13. The van der Waals surface area contributed by atoms with Crippen molar-refractivity contribution >= 4 is 0 Å². The summed E-state index contributed by atoms with van der Waals surface area (Å²) in [7, 11) is 6.01. The molecule has 0 aliphatic carbocycles. The number of piperazine rings is 1. The molecule has 0 bridgehead atoms. The largest absolute Gasteiger partial charge is 0.496 e. The van der Waals surface area contributed by atoms with Crippen LogP contribution in [0.25, 0.3) is 0 Å². The van der Waals surface area contributed by atoms with Crippen molar-refractivity contribution in [2.75, 3.05) is 47.4 Å². The van der Waals surface area contributed by atoms with Crippen LogP contribution in [0.5, 0.6) is 5.75 Å². The Bertz CT molecular complexity index is 414. The van der Waals surface area contributed by atoms with Crippen LogP contribution in [0.4, 0.5) is 0 Å². The molecule has 0 saturated carbocycles. The summed E-state index contributed by atoms with van der Waals surface area (Å²) >= 11 is 0. The summed E-state index contributed by atoms with van der Waals surface area (Å²) in [5, 5.41) is 3.41. The Morgan fingerprint density at radius 1 is 1.26 bits per heavy atom. The normalized spacial score (nSPS) is 18.6. The zero-order valence-electron chi connectivity index (χ0n) is 12.4. The lowest BCUT2D eigenvalue weighted by Gasteiger charge is -2.39. The number of aryl methyl sites for hydroxylation is 1. The molecule has 1 atom stereocenters. The van der Waals surface area contributed by atoms with Gasteiger partial charge in [-0.05, 0) is 44.3 Å². The summed E-state index contributed by atoms with van der Waals surface area (Å²) < 4.78 is 5.35. The van der Waals surface area contributed by atoms with Crippen molar-refractivity contribution in [3.63, 3.8) is 0 Å². The summed E-state index contributed by atoms with van der Waals surface area (Å²) in [5.74, 6) is 0.960. The molecule has 1 N–H and O–H groups in total. The van der Waals surface area contributed by atoms with Crippen molar-refractivity contribution < 1.29 is 4.74 Å². The summed E-state index contributed by atoms with van der Waals surface area (Å²) in [6.07, 6.45) is 0.340. The molecular formula is C15H25N3O. The summed E-state index contributed by atoms with van der Waals surface area (Å²) in [5.41, 5.74) is 2.53. The number of benzene rings is 1. The van der Waals surface area contributed by atoms with Gasteiger partial charge in [0.25, 0.3) is 0 Å². The highest BCUT2D eigenvalue weighted by Gasteiger charge is 2.24. The van der Waals surface area contributed by atoms with Crippen molar-refractivity contribution in [3.05, 3.63) is 29.3 Å². The van der Waals surface area contributed by atoms with Crippen LogP contribution >= 0.6 is 0 Å². The molecule has 1 aliphatic rings. The van der Waals surface area contributed by atoms with Crippen LogP contribution in [0.1, 0.15) is 17.3 Å². The van der Waals surface area contributed by atoms with Gasteiger partial charge in [-0.3, -0.25) is 9.80 Å². The van der Waals surface area contributed by atoms with E-state index in [0.29, 0.717) is 6.17 Å². The average Bonchev–Trinajstić information content (AvgIpc) is 2.40. The zero-order valence-corrected chi connectivity index (χ0v) is 12.4. The Balaban J connectivity index is 2.25. The molecule has 1 heterocycles. The smallest absolute Gasteiger partial charge is 0.121 e. The molecule has 2 rings (SSSR count). The van der Waals surface area contributed by atoms with Gasteiger partial charge in [-0.1, -0.05) is 6.07 Å². The van der Waals surface area contributed by atoms with Crippen molar-refractivity contribution in [2.24, 2.45) is 0 Å². The van der Waals surface area contributed by atoms with Crippen LogP contribution in [0.3, 0.4) is 0 Å². The van der Waals surface area contributed by atoms with E-state index in [2.05, 4.69) is 54.3 Å². The second kappa shape index (κ2) is 6.37. The third kappa shape index (κ3) is 3.26. The quantitative estimate of drug-likeness (QED) is 0.890. The molecule has 1 fully saturated rings. The molecule has 1 aliphatic heterocycles. The molecule has 4 heteroatoms. The summed E-state index contributed by atoms with van der Waals surface area (Å²) in [6.45, 7) is 6.42. The molecular weight excluding hydrogens is 238 g/mol. The lowest BCUT2D eigenvalue weighted by molar-refractivity contribution is 0.0672. The van der Waals surface area contributed by atoms with Gasteiger partial charge in [-0.15, -0.1) is 0 Å². The first kappa shape index (κ1) is 14.3. The number of nitrogens with one attached hydrogen (secondary N) is 1. The van der Waals surface area contributed by atoms with E-state index in [1.165, 1.54) is 11.1 Å². The topological polar surface area (TPSA) is 27.7 Å². The maximum atomic E-state index is 5.35. The highest BCUT2D eigenvalue weighted by molar-refractivity contribution is 5.37.